The molecule has 1 aliphatic heterocycles. The fraction of sp³-hybridized carbons (Fsp3) is 0.571. The lowest BCUT2D eigenvalue weighted by atomic mass is 10.2. The number of nitrogens with zero attached hydrogens (tertiary/aromatic N) is 3. The van der Waals surface area contributed by atoms with Crippen molar-refractivity contribution in [3.05, 3.63) is 11.6 Å². The molecular weight excluding hydrogens is 169 g/mol. The predicted molar refractivity (Wildman–Crippen MR) is 51.7 cm³/mol. The van der Waals surface area contributed by atoms with Crippen molar-refractivity contribution >= 4 is 24.4 Å². The highest BCUT2D eigenvalue weighted by Gasteiger charge is 2.14. The van der Waals surface area contributed by atoms with Crippen LogP contribution in [0.1, 0.15) is 0 Å². The molecule has 0 spiro atoms. The number of anilines is 1. The molecule has 1 aromatic rings. The first kappa shape index (κ1) is 8.07. The van der Waals surface area contributed by atoms with Crippen molar-refractivity contribution < 1.29 is 0 Å². The lowest BCUT2D eigenvalue weighted by Gasteiger charge is -2.32. The Morgan fingerprint density at radius 2 is 2.08 bits per heavy atom. The van der Waals surface area contributed by atoms with Crippen LogP contribution in [0.3, 0.4) is 0 Å². The normalized spacial score (nSPS) is 19.8. The summed E-state index contributed by atoms with van der Waals surface area (Å²) in [6, 6.07) is 0. The molecule has 1 aliphatic rings. The number of thiazole rings is 1. The van der Waals surface area contributed by atoms with Crippen molar-refractivity contribution in [1.29, 1.82) is 0 Å². The van der Waals surface area contributed by atoms with E-state index in [4.69, 9.17) is 7.98 Å². The highest BCUT2D eigenvalue weighted by molar-refractivity contribution is 7.13. The van der Waals surface area contributed by atoms with E-state index in [0.29, 0.717) is 0 Å². The van der Waals surface area contributed by atoms with E-state index in [1.54, 1.807) is 11.3 Å². The summed E-state index contributed by atoms with van der Waals surface area (Å²) in [5, 5.41) is 3.12. The van der Waals surface area contributed by atoms with Crippen LogP contribution in [-0.4, -0.2) is 44.0 Å². The van der Waals surface area contributed by atoms with Crippen molar-refractivity contribution in [1.82, 2.24) is 9.79 Å². The van der Waals surface area contributed by atoms with Crippen LogP contribution in [0.15, 0.2) is 11.6 Å². The summed E-state index contributed by atoms with van der Waals surface area (Å²) in [5.74, 6) is 0. The van der Waals surface area contributed by atoms with E-state index < -0.39 is 0 Å². The van der Waals surface area contributed by atoms with Gasteiger partial charge in [-0.05, 0) is 0 Å². The Morgan fingerprint density at radius 1 is 1.33 bits per heavy atom. The Morgan fingerprint density at radius 3 is 2.67 bits per heavy atom. The Kier molecular flexibility index (Phi) is 2.32. The van der Waals surface area contributed by atoms with Crippen molar-refractivity contribution in [3.8, 4) is 0 Å². The zero-order valence-corrected chi connectivity index (χ0v) is 7.63. The topological polar surface area (TPSA) is 19.4 Å². The zero-order valence-electron chi connectivity index (χ0n) is 6.81. The molecule has 0 aliphatic carbocycles. The van der Waals surface area contributed by atoms with Crippen LogP contribution >= 0.6 is 11.3 Å². The van der Waals surface area contributed by atoms with Crippen LogP contribution in [0.25, 0.3) is 0 Å². The van der Waals surface area contributed by atoms with Gasteiger partial charge in [-0.1, -0.05) is 0 Å². The van der Waals surface area contributed by atoms with Gasteiger partial charge in [-0.2, -0.15) is 0 Å². The van der Waals surface area contributed by atoms with Crippen molar-refractivity contribution in [2.45, 2.75) is 0 Å². The third-order valence-electron chi connectivity index (χ3n) is 2.00. The smallest absolute Gasteiger partial charge is 0.185 e. The third kappa shape index (κ3) is 1.62. The second kappa shape index (κ2) is 3.45. The fourth-order valence-electron chi connectivity index (χ4n) is 1.29. The van der Waals surface area contributed by atoms with Gasteiger partial charge in [0.15, 0.2) is 13.1 Å². The molecule has 0 unspecified atom stereocenters. The molecule has 62 valence electrons. The summed E-state index contributed by atoms with van der Waals surface area (Å²) >= 11 is 1.69. The third-order valence-corrected chi connectivity index (χ3v) is 2.84. The van der Waals surface area contributed by atoms with Gasteiger partial charge in [0.2, 0.25) is 0 Å². The van der Waals surface area contributed by atoms with E-state index in [1.807, 2.05) is 16.4 Å². The first-order valence-electron chi connectivity index (χ1n) is 4.00. The summed E-state index contributed by atoms with van der Waals surface area (Å²) in [7, 11) is 5.64. The molecule has 2 radical (unpaired) electrons. The number of aromatic nitrogens is 1. The second-order valence-electron chi connectivity index (χ2n) is 2.84. The van der Waals surface area contributed by atoms with Gasteiger partial charge in [-0.3, -0.25) is 0 Å². The van der Waals surface area contributed by atoms with Gasteiger partial charge in [0.25, 0.3) is 0 Å². The first-order chi connectivity index (χ1) is 5.86. The van der Waals surface area contributed by atoms with Gasteiger partial charge < -0.3 is 9.71 Å². The van der Waals surface area contributed by atoms with E-state index in [-0.39, 0.29) is 0 Å². The van der Waals surface area contributed by atoms with Gasteiger partial charge in [0.05, 0.1) is 0 Å². The van der Waals surface area contributed by atoms with E-state index in [1.165, 1.54) is 0 Å². The number of hydrogen-bond acceptors (Lipinski definition) is 4. The Hall–Kier alpha value is -0.545. The van der Waals surface area contributed by atoms with Crippen LogP contribution in [0, 0.1) is 0 Å². The van der Waals surface area contributed by atoms with Crippen LogP contribution in [0.5, 0.6) is 0 Å². The SMILES string of the molecule is [B]N1CCN(c2nccs2)CC1. The molecule has 0 atom stereocenters. The van der Waals surface area contributed by atoms with Crippen LogP contribution < -0.4 is 4.90 Å². The summed E-state index contributed by atoms with van der Waals surface area (Å²) in [5.41, 5.74) is 0. The lowest BCUT2D eigenvalue weighted by Crippen LogP contribution is -2.45. The fourth-order valence-corrected chi connectivity index (χ4v) is 1.98. The molecule has 1 aromatic heterocycles. The van der Waals surface area contributed by atoms with E-state index in [2.05, 4.69) is 9.88 Å². The molecule has 5 heteroatoms. The Balaban J connectivity index is 1.99. The highest BCUT2D eigenvalue weighted by atomic mass is 32.1. The standard InChI is InChI=1S/C7H10BN3S/c8-11-4-2-10(3-5-11)7-9-1-6-12-7/h1,6H,2-5H2. The Bertz CT molecular complexity index is 231. The highest BCUT2D eigenvalue weighted by Crippen LogP contribution is 2.17. The summed E-state index contributed by atoms with van der Waals surface area (Å²) in [6.07, 6.45) is 1.84. The lowest BCUT2D eigenvalue weighted by molar-refractivity contribution is 0.414. The summed E-state index contributed by atoms with van der Waals surface area (Å²) < 4.78 is 0. The van der Waals surface area contributed by atoms with Gasteiger partial charge >= 0.3 is 0 Å². The van der Waals surface area contributed by atoms with Gasteiger partial charge in [0, 0.05) is 37.8 Å². The van der Waals surface area contributed by atoms with Crippen LogP contribution in [0.4, 0.5) is 5.13 Å². The molecule has 0 aromatic carbocycles. The average molecular weight is 179 g/mol. The molecule has 1 fully saturated rings. The van der Waals surface area contributed by atoms with Gasteiger partial charge in [0.1, 0.15) is 0 Å². The molecule has 3 nitrogen and oxygen atoms in total. The minimum atomic E-state index is 0.930. The minimum Gasteiger partial charge on any atom is -0.351 e. The molecular formula is C7H10BN3S. The minimum absolute atomic E-state index is 0.930. The quantitative estimate of drug-likeness (QED) is 0.580. The zero-order chi connectivity index (χ0) is 8.39. The Labute approximate surface area is 77.4 Å². The van der Waals surface area contributed by atoms with Crippen molar-refractivity contribution in [3.63, 3.8) is 0 Å². The number of rotatable bonds is 1. The maximum absolute atomic E-state index is 5.64. The number of hydrogen-bond donors (Lipinski definition) is 0. The molecule has 0 bridgehead atoms. The molecule has 0 amide bonds. The van der Waals surface area contributed by atoms with Crippen LogP contribution in [-0.2, 0) is 0 Å². The van der Waals surface area contributed by atoms with Crippen LogP contribution in [0.2, 0.25) is 0 Å². The molecule has 0 saturated carbocycles. The molecule has 0 N–H and O–H groups in total. The number of piperazine rings is 1. The van der Waals surface area contributed by atoms with Crippen molar-refractivity contribution in [2.75, 3.05) is 31.1 Å². The van der Waals surface area contributed by atoms with E-state index >= 15 is 0 Å². The van der Waals surface area contributed by atoms with Gasteiger partial charge in [-0.25, -0.2) is 4.98 Å². The van der Waals surface area contributed by atoms with E-state index in [9.17, 15) is 0 Å². The van der Waals surface area contributed by atoms with Gasteiger partial charge in [-0.15, -0.1) is 11.3 Å². The average Bonchev–Trinajstić information content (AvgIpc) is 2.58. The molecule has 2 rings (SSSR count). The van der Waals surface area contributed by atoms with E-state index in [0.717, 1.165) is 31.3 Å². The summed E-state index contributed by atoms with van der Waals surface area (Å²) in [4.78, 5) is 8.37. The van der Waals surface area contributed by atoms with Crippen molar-refractivity contribution in [2.24, 2.45) is 0 Å². The maximum Gasteiger partial charge on any atom is 0.185 e. The monoisotopic (exact) mass is 179 g/mol. The molecule has 12 heavy (non-hydrogen) atoms. The summed E-state index contributed by atoms with van der Waals surface area (Å²) in [6.45, 7) is 3.84. The largest absolute Gasteiger partial charge is 0.351 e. The molecule has 2 heterocycles. The molecule has 1 saturated heterocycles. The maximum atomic E-state index is 5.64. The first-order valence-corrected chi connectivity index (χ1v) is 4.88. The predicted octanol–water partition coefficient (Wildman–Crippen LogP) is 0.349. The second-order valence-corrected chi connectivity index (χ2v) is 3.71.